The Bertz CT molecular complexity index is 1020. The molecule has 0 aliphatic rings. The summed E-state index contributed by atoms with van der Waals surface area (Å²) >= 11 is 0. The maximum atomic E-state index is 12.3. The van der Waals surface area contributed by atoms with Crippen LogP contribution >= 0.6 is 0 Å². The maximum absolute atomic E-state index is 12.3. The number of ether oxygens (including phenoxy) is 3. The molecule has 190 valence electrons. The summed E-state index contributed by atoms with van der Waals surface area (Å²) in [5.74, 6) is 0.0263. The van der Waals surface area contributed by atoms with Gasteiger partial charge in [0.1, 0.15) is 25.1 Å². The highest BCUT2D eigenvalue weighted by molar-refractivity contribution is 6.43. The minimum absolute atomic E-state index is 0.0855. The highest BCUT2D eigenvalue weighted by atomic mass is 16.6. The summed E-state index contributed by atoms with van der Waals surface area (Å²) in [6.45, 7) is 7.86. The van der Waals surface area contributed by atoms with Gasteiger partial charge >= 0.3 is 11.9 Å². The number of nitrogens with zero attached hydrogens (tertiary/aromatic N) is 1. The van der Waals surface area contributed by atoms with Crippen LogP contribution in [0.4, 0.5) is 0 Å². The second kappa shape index (κ2) is 13.5. The Morgan fingerprint density at radius 1 is 0.971 bits per heavy atom. The molecule has 0 aliphatic heterocycles. The van der Waals surface area contributed by atoms with E-state index in [1.165, 1.54) is 14.2 Å². The van der Waals surface area contributed by atoms with Crippen LogP contribution in [0.1, 0.15) is 68.7 Å². The zero-order chi connectivity index (χ0) is 25.8. The standard InChI is InChI=1S/C28H37NO6/c1-20-12-10-11-14-24(20)34-19-22-18-21(13-8-7-9-15-25(30)35-28(2,3)4)16-17-23(22)26(29-33-6)27(31)32-5/h10-12,14,16-18H,7-9,13,15,19H2,1-6H3/b29-26+. The van der Waals surface area contributed by atoms with E-state index in [9.17, 15) is 9.59 Å². The van der Waals surface area contributed by atoms with Crippen LogP contribution in [0.5, 0.6) is 5.75 Å². The molecule has 0 radical (unpaired) electrons. The lowest BCUT2D eigenvalue weighted by Crippen LogP contribution is -2.23. The van der Waals surface area contributed by atoms with Crippen molar-refractivity contribution in [3.63, 3.8) is 0 Å². The maximum Gasteiger partial charge on any atom is 0.360 e. The summed E-state index contributed by atoms with van der Waals surface area (Å²) in [5.41, 5.74) is 3.17. The molecule has 2 aromatic rings. The molecule has 0 saturated carbocycles. The van der Waals surface area contributed by atoms with E-state index >= 15 is 0 Å². The van der Waals surface area contributed by atoms with Crippen molar-refractivity contribution in [2.24, 2.45) is 5.16 Å². The van der Waals surface area contributed by atoms with Crippen LogP contribution in [0.2, 0.25) is 0 Å². The SMILES string of the molecule is CO/N=C(/C(=O)OC)c1ccc(CCCCCC(=O)OC(C)(C)C)cc1COc1ccccc1C. The van der Waals surface area contributed by atoms with Crippen LogP contribution in [0, 0.1) is 6.92 Å². The topological polar surface area (TPSA) is 83.4 Å². The van der Waals surface area contributed by atoms with Crippen molar-refractivity contribution >= 4 is 17.7 Å². The first kappa shape index (κ1) is 27.9. The highest BCUT2D eigenvalue weighted by Gasteiger charge is 2.20. The molecule has 0 fully saturated rings. The molecule has 0 spiro atoms. The summed E-state index contributed by atoms with van der Waals surface area (Å²) in [4.78, 5) is 29.1. The van der Waals surface area contributed by atoms with Crippen molar-refractivity contribution in [3.8, 4) is 5.75 Å². The summed E-state index contributed by atoms with van der Waals surface area (Å²) in [6.07, 6.45) is 3.87. The highest BCUT2D eigenvalue weighted by Crippen LogP contribution is 2.22. The predicted octanol–water partition coefficient (Wildman–Crippen LogP) is 5.54. The van der Waals surface area contributed by atoms with Gasteiger partial charge in [-0.25, -0.2) is 4.79 Å². The molecule has 0 N–H and O–H groups in total. The number of hydrogen-bond acceptors (Lipinski definition) is 7. The molecular formula is C28H37NO6. The van der Waals surface area contributed by atoms with E-state index in [1.54, 1.807) is 0 Å². The average Bonchev–Trinajstić information content (AvgIpc) is 2.80. The Morgan fingerprint density at radius 2 is 1.71 bits per heavy atom. The molecule has 0 saturated heterocycles. The van der Waals surface area contributed by atoms with Gasteiger partial charge in [0.2, 0.25) is 0 Å². The van der Waals surface area contributed by atoms with Crippen molar-refractivity contribution in [1.29, 1.82) is 0 Å². The number of carbonyl (C=O) groups is 2. The van der Waals surface area contributed by atoms with E-state index in [0.29, 0.717) is 12.0 Å². The number of hydrogen-bond donors (Lipinski definition) is 0. The fraction of sp³-hybridized carbons (Fsp3) is 0.464. The molecule has 7 heteroatoms. The summed E-state index contributed by atoms with van der Waals surface area (Å²) in [7, 11) is 2.70. The lowest BCUT2D eigenvalue weighted by Gasteiger charge is -2.19. The third kappa shape index (κ3) is 9.43. The van der Waals surface area contributed by atoms with Gasteiger partial charge in [-0.1, -0.05) is 48.0 Å². The molecule has 0 heterocycles. The zero-order valence-electron chi connectivity index (χ0n) is 21.7. The second-order valence-electron chi connectivity index (χ2n) is 9.31. The largest absolute Gasteiger partial charge is 0.489 e. The Morgan fingerprint density at radius 3 is 2.37 bits per heavy atom. The third-order valence-electron chi connectivity index (χ3n) is 5.23. The fourth-order valence-corrected chi connectivity index (χ4v) is 3.58. The molecule has 35 heavy (non-hydrogen) atoms. The minimum Gasteiger partial charge on any atom is -0.489 e. The van der Waals surface area contributed by atoms with Crippen molar-refractivity contribution in [3.05, 3.63) is 64.7 Å². The quantitative estimate of drug-likeness (QED) is 0.171. The lowest BCUT2D eigenvalue weighted by atomic mass is 9.97. The van der Waals surface area contributed by atoms with E-state index in [4.69, 9.17) is 19.0 Å². The summed E-state index contributed by atoms with van der Waals surface area (Å²) in [5, 5.41) is 3.90. The zero-order valence-corrected chi connectivity index (χ0v) is 21.7. The Kier molecular flexibility index (Phi) is 10.8. The molecule has 2 rings (SSSR count). The third-order valence-corrected chi connectivity index (χ3v) is 5.23. The van der Waals surface area contributed by atoms with Gasteiger partial charge in [-0.3, -0.25) is 4.79 Å². The van der Waals surface area contributed by atoms with Gasteiger partial charge in [-0.05, 0) is 69.7 Å². The predicted molar refractivity (Wildman–Crippen MR) is 136 cm³/mol. The number of benzene rings is 2. The van der Waals surface area contributed by atoms with Gasteiger partial charge in [0.25, 0.3) is 0 Å². The van der Waals surface area contributed by atoms with Gasteiger partial charge in [-0.15, -0.1) is 0 Å². The molecule has 0 unspecified atom stereocenters. The van der Waals surface area contributed by atoms with Crippen molar-refractivity contribution in [2.45, 2.75) is 72.0 Å². The molecular weight excluding hydrogens is 446 g/mol. The van der Waals surface area contributed by atoms with Gasteiger partial charge in [0.15, 0.2) is 5.71 Å². The first-order valence-electron chi connectivity index (χ1n) is 11.9. The minimum atomic E-state index is -0.584. The Labute approximate surface area is 208 Å². The number of rotatable bonds is 12. The van der Waals surface area contributed by atoms with Crippen LogP contribution < -0.4 is 4.74 Å². The van der Waals surface area contributed by atoms with E-state index < -0.39 is 11.6 Å². The molecule has 0 bridgehead atoms. The molecule has 0 aromatic heterocycles. The number of carbonyl (C=O) groups excluding carboxylic acids is 2. The monoisotopic (exact) mass is 483 g/mol. The Hall–Kier alpha value is -3.35. The van der Waals surface area contributed by atoms with Crippen LogP contribution in [-0.2, 0) is 36.9 Å². The molecule has 0 amide bonds. The molecule has 0 aliphatic carbocycles. The van der Waals surface area contributed by atoms with Crippen molar-refractivity contribution in [1.82, 2.24) is 0 Å². The smallest absolute Gasteiger partial charge is 0.360 e. The average molecular weight is 484 g/mol. The number of methoxy groups -OCH3 is 1. The first-order valence-corrected chi connectivity index (χ1v) is 11.9. The summed E-state index contributed by atoms with van der Waals surface area (Å²) in [6, 6.07) is 13.6. The normalized spacial score (nSPS) is 11.7. The van der Waals surface area contributed by atoms with Crippen molar-refractivity contribution in [2.75, 3.05) is 14.2 Å². The lowest BCUT2D eigenvalue weighted by molar-refractivity contribution is -0.154. The van der Waals surface area contributed by atoms with Gasteiger partial charge in [0.05, 0.1) is 7.11 Å². The van der Waals surface area contributed by atoms with E-state index in [0.717, 1.165) is 48.1 Å². The second-order valence-corrected chi connectivity index (χ2v) is 9.31. The number of esters is 2. The van der Waals surface area contributed by atoms with E-state index in [2.05, 4.69) is 5.16 Å². The van der Waals surface area contributed by atoms with Crippen LogP contribution in [0.15, 0.2) is 47.6 Å². The fourth-order valence-electron chi connectivity index (χ4n) is 3.58. The van der Waals surface area contributed by atoms with Crippen LogP contribution in [0.25, 0.3) is 0 Å². The van der Waals surface area contributed by atoms with E-state index in [1.807, 2.05) is 70.2 Å². The van der Waals surface area contributed by atoms with Gasteiger partial charge < -0.3 is 19.0 Å². The van der Waals surface area contributed by atoms with Crippen LogP contribution in [-0.4, -0.2) is 37.5 Å². The number of oxime groups is 1. The Balaban J connectivity index is 2.12. The number of para-hydroxylation sites is 1. The van der Waals surface area contributed by atoms with Crippen molar-refractivity contribution < 1.29 is 28.6 Å². The molecule has 2 aromatic carbocycles. The molecule has 0 atom stereocenters. The number of unbranched alkanes of at least 4 members (excludes halogenated alkanes) is 2. The first-order chi connectivity index (χ1) is 16.6. The van der Waals surface area contributed by atoms with Crippen LogP contribution in [0.3, 0.4) is 0 Å². The van der Waals surface area contributed by atoms with E-state index in [-0.39, 0.29) is 18.3 Å². The van der Waals surface area contributed by atoms with Gasteiger partial charge in [-0.2, -0.15) is 0 Å². The number of aryl methyl sites for hydroxylation is 2. The molecule has 7 nitrogen and oxygen atoms in total. The summed E-state index contributed by atoms with van der Waals surface area (Å²) < 4.78 is 16.3. The van der Waals surface area contributed by atoms with Gasteiger partial charge in [0, 0.05) is 12.0 Å².